The van der Waals surface area contributed by atoms with E-state index in [4.69, 9.17) is 22.1 Å². The molecule has 0 fully saturated rings. The first-order valence-corrected chi connectivity index (χ1v) is 5.96. The molecule has 3 nitrogen and oxygen atoms in total. The van der Waals surface area contributed by atoms with Gasteiger partial charge in [-0.3, -0.25) is 0 Å². The van der Waals surface area contributed by atoms with E-state index in [9.17, 15) is 5.11 Å². The van der Waals surface area contributed by atoms with E-state index >= 15 is 0 Å². The number of rotatable bonds is 4. The van der Waals surface area contributed by atoms with Gasteiger partial charge in [-0.25, -0.2) is 0 Å². The van der Waals surface area contributed by atoms with Gasteiger partial charge in [0.05, 0.1) is 0 Å². The molecule has 18 heavy (non-hydrogen) atoms. The minimum atomic E-state index is 0.243. The van der Waals surface area contributed by atoms with Gasteiger partial charge in [0.15, 0.2) is 0 Å². The molecule has 0 aliphatic rings. The van der Waals surface area contributed by atoms with Crippen molar-refractivity contribution in [1.29, 1.82) is 0 Å². The normalized spacial score (nSPS) is 10.3. The lowest BCUT2D eigenvalue weighted by Gasteiger charge is -2.10. The van der Waals surface area contributed by atoms with Gasteiger partial charge in [-0.2, -0.15) is 0 Å². The third-order valence-electron chi connectivity index (χ3n) is 2.57. The fourth-order valence-corrected chi connectivity index (χ4v) is 1.80. The Morgan fingerprint density at radius 1 is 1.11 bits per heavy atom. The smallest absolute Gasteiger partial charge is 0.124 e. The van der Waals surface area contributed by atoms with E-state index in [2.05, 4.69) is 0 Å². The summed E-state index contributed by atoms with van der Waals surface area (Å²) in [4.78, 5) is 0. The van der Waals surface area contributed by atoms with E-state index in [1.807, 2.05) is 18.2 Å². The maximum absolute atomic E-state index is 9.18. The molecule has 0 heterocycles. The average Bonchev–Trinajstić information content (AvgIpc) is 2.39. The average molecular weight is 264 g/mol. The van der Waals surface area contributed by atoms with Crippen LogP contribution in [-0.2, 0) is 13.2 Å². The zero-order chi connectivity index (χ0) is 13.0. The van der Waals surface area contributed by atoms with Crippen molar-refractivity contribution in [3.05, 3.63) is 58.6 Å². The quantitative estimate of drug-likeness (QED) is 0.891. The summed E-state index contributed by atoms with van der Waals surface area (Å²) in [5.41, 5.74) is 7.49. The number of halogens is 1. The molecule has 2 aromatic carbocycles. The van der Waals surface area contributed by atoms with E-state index in [-0.39, 0.29) is 5.75 Å². The second-order valence-electron chi connectivity index (χ2n) is 3.91. The molecular weight excluding hydrogens is 250 g/mol. The van der Waals surface area contributed by atoms with Gasteiger partial charge in [0.2, 0.25) is 0 Å². The van der Waals surface area contributed by atoms with Crippen LogP contribution in [0.3, 0.4) is 0 Å². The van der Waals surface area contributed by atoms with Gasteiger partial charge in [-0.15, -0.1) is 0 Å². The van der Waals surface area contributed by atoms with Crippen LogP contribution in [0.25, 0.3) is 0 Å². The van der Waals surface area contributed by atoms with Crippen LogP contribution in [0.1, 0.15) is 11.1 Å². The summed E-state index contributed by atoms with van der Waals surface area (Å²) in [6.45, 7) is 0.806. The highest BCUT2D eigenvalue weighted by Crippen LogP contribution is 2.23. The van der Waals surface area contributed by atoms with E-state index in [1.54, 1.807) is 24.3 Å². The van der Waals surface area contributed by atoms with E-state index in [0.717, 1.165) is 16.9 Å². The van der Waals surface area contributed by atoms with Crippen LogP contribution in [0.4, 0.5) is 0 Å². The molecule has 94 valence electrons. The number of nitrogens with two attached hydrogens (primary N) is 1. The molecule has 0 unspecified atom stereocenters. The molecule has 0 atom stereocenters. The summed E-state index contributed by atoms with van der Waals surface area (Å²) in [5, 5.41) is 9.83. The second-order valence-corrected chi connectivity index (χ2v) is 4.35. The van der Waals surface area contributed by atoms with Crippen molar-refractivity contribution in [2.24, 2.45) is 5.73 Å². The van der Waals surface area contributed by atoms with Gasteiger partial charge in [0.25, 0.3) is 0 Å². The molecule has 2 aromatic rings. The number of ether oxygens (including phenoxy) is 1. The molecule has 3 N–H and O–H groups in total. The molecule has 0 aromatic heterocycles. The lowest BCUT2D eigenvalue weighted by molar-refractivity contribution is 0.303. The predicted molar refractivity (Wildman–Crippen MR) is 71.8 cm³/mol. The summed E-state index contributed by atoms with van der Waals surface area (Å²) in [7, 11) is 0. The molecule has 4 heteroatoms. The molecule has 0 saturated carbocycles. The van der Waals surface area contributed by atoms with Crippen LogP contribution >= 0.6 is 11.6 Å². The highest BCUT2D eigenvalue weighted by Gasteiger charge is 2.03. The standard InChI is InChI=1S/C14H14ClNO2/c15-12-3-6-14(11(7-12)8-16)18-9-10-1-4-13(17)5-2-10/h1-7,17H,8-9,16H2. The Hall–Kier alpha value is -1.71. The molecule has 0 bridgehead atoms. The van der Waals surface area contributed by atoms with Crippen molar-refractivity contribution < 1.29 is 9.84 Å². The Kier molecular flexibility index (Phi) is 4.07. The first-order valence-electron chi connectivity index (χ1n) is 5.58. The van der Waals surface area contributed by atoms with Gasteiger partial charge in [0.1, 0.15) is 18.1 Å². The number of phenols is 1. The van der Waals surface area contributed by atoms with Gasteiger partial charge in [-0.1, -0.05) is 23.7 Å². The Morgan fingerprint density at radius 2 is 1.83 bits per heavy atom. The summed E-state index contributed by atoms with van der Waals surface area (Å²) in [6, 6.07) is 12.3. The topological polar surface area (TPSA) is 55.5 Å². The van der Waals surface area contributed by atoms with Crippen molar-refractivity contribution in [2.45, 2.75) is 13.2 Å². The maximum atomic E-state index is 9.18. The third kappa shape index (κ3) is 3.15. The van der Waals surface area contributed by atoms with E-state index < -0.39 is 0 Å². The molecule has 0 saturated heterocycles. The molecular formula is C14H14ClNO2. The van der Waals surface area contributed by atoms with Gasteiger partial charge < -0.3 is 15.6 Å². The van der Waals surface area contributed by atoms with Crippen molar-refractivity contribution in [2.75, 3.05) is 0 Å². The number of hydrogen-bond acceptors (Lipinski definition) is 3. The SMILES string of the molecule is NCc1cc(Cl)ccc1OCc1ccc(O)cc1. The second kappa shape index (κ2) is 5.76. The maximum Gasteiger partial charge on any atom is 0.124 e. The zero-order valence-corrected chi connectivity index (χ0v) is 10.5. The van der Waals surface area contributed by atoms with E-state index in [0.29, 0.717) is 18.2 Å². The summed E-state index contributed by atoms with van der Waals surface area (Å²) >= 11 is 5.89. The van der Waals surface area contributed by atoms with Crippen LogP contribution in [0, 0.1) is 0 Å². The Labute approximate surface area is 111 Å². The highest BCUT2D eigenvalue weighted by molar-refractivity contribution is 6.30. The lowest BCUT2D eigenvalue weighted by Crippen LogP contribution is -2.02. The zero-order valence-electron chi connectivity index (χ0n) is 9.77. The Bertz CT molecular complexity index is 526. The van der Waals surface area contributed by atoms with Crippen LogP contribution in [0.2, 0.25) is 5.02 Å². The number of phenolic OH excluding ortho intramolecular Hbond substituents is 1. The van der Waals surface area contributed by atoms with Crippen LogP contribution in [0.5, 0.6) is 11.5 Å². The summed E-state index contributed by atoms with van der Waals surface area (Å²) < 4.78 is 5.69. The third-order valence-corrected chi connectivity index (χ3v) is 2.81. The first-order chi connectivity index (χ1) is 8.69. The number of aromatic hydroxyl groups is 1. The molecule has 0 amide bonds. The summed E-state index contributed by atoms with van der Waals surface area (Å²) in [5.74, 6) is 0.975. The molecule has 0 spiro atoms. The van der Waals surface area contributed by atoms with Gasteiger partial charge in [0, 0.05) is 17.1 Å². The lowest BCUT2D eigenvalue weighted by atomic mass is 10.2. The van der Waals surface area contributed by atoms with Gasteiger partial charge >= 0.3 is 0 Å². The number of hydrogen-bond donors (Lipinski definition) is 2. The molecule has 2 rings (SSSR count). The number of benzene rings is 2. The van der Waals surface area contributed by atoms with E-state index in [1.165, 1.54) is 0 Å². The molecule has 0 aliphatic carbocycles. The van der Waals surface area contributed by atoms with Crippen molar-refractivity contribution in [3.63, 3.8) is 0 Å². The predicted octanol–water partition coefficient (Wildman–Crippen LogP) is 3.08. The Morgan fingerprint density at radius 3 is 2.50 bits per heavy atom. The van der Waals surface area contributed by atoms with Crippen LogP contribution < -0.4 is 10.5 Å². The largest absolute Gasteiger partial charge is 0.508 e. The monoisotopic (exact) mass is 263 g/mol. The fourth-order valence-electron chi connectivity index (χ4n) is 1.60. The fraction of sp³-hybridized carbons (Fsp3) is 0.143. The summed E-state index contributed by atoms with van der Waals surface area (Å²) in [6.07, 6.45) is 0. The van der Waals surface area contributed by atoms with Crippen molar-refractivity contribution >= 4 is 11.6 Å². The van der Waals surface area contributed by atoms with Crippen molar-refractivity contribution in [1.82, 2.24) is 0 Å². The first kappa shape index (κ1) is 12.7. The van der Waals surface area contributed by atoms with Crippen molar-refractivity contribution in [3.8, 4) is 11.5 Å². The molecule has 0 radical (unpaired) electrons. The Balaban J connectivity index is 2.08. The molecule has 0 aliphatic heterocycles. The van der Waals surface area contributed by atoms with Crippen LogP contribution in [0.15, 0.2) is 42.5 Å². The minimum absolute atomic E-state index is 0.243. The van der Waals surface area contributed by atoms with Gasteiger partial charge in [-0.05, 0) is 35.9 Å². The van der Waals surface area contributed by atoms with Crippen LogP contribution in [-0.4, -0.2) is 5.11 Å². The highest BCUT2D eigenvalue weighted by atomic mass is 35.5. The minimum Gasteiger partial charge on any atom is -0.508 e.